The molecule has 0 saturated heterocycles. The Hall–Kier alpha value is -2.39. The van der Waals surface area contributed by atoms with Gasteiger partial charge in [0.15, 0.2) is 0 Å². The average molecular weight is 324 g/mol. The van der Waals surface area contributed by atoms with Crippen LogP contribution in [0.4, 0.5) is 0 Å². The monoisotopic (exact) mass is 324 g/mol. The fourth-order valence-corrected chi connectivity index (χ4v) is 2.43. The van der Waals surface area contributed by atoms with Crippen LogP contribution in [0.25, 0.3) is 10.9 Å². The van der Waals surface area contributed by atoms with Gasteiger partial charge in [-0.3, -0.25) is 9.35 Å². The van der Waals surface area contributed by atoms with E-state index in [1.807, 2.05) is 22.8 Å². The molecule has 0 atom stereocenters. The van der Waals surface area contributed by atoms with Gasteiger partial charge in [0.2, 0.25) is 0 Å². The lowest BCUT2D eigenvalue weighted by atomic mass is 10.1. The molecule has 3 rings (SSSR count). The average Bonchev–Trinajstić information content (AvgIpc) is 3.00. The van der Waals surface area contributed by atoms with Crippen LogP contribution in [0.3, 0.4) is 0 Å². The van der Waals surface area contributed by atoms with Crippen molar-refractivity contribution in [2.24, 2.45) is 10.9 Å². The Morgan fingerprint density at radius 1 is 1.50 bits per heavy atom. The predicted molar refractivity (Wildman–Crippen MR) is 83.3 cm³/mol. The molecule has 0 unspecified atom stereocenters. The number of rotatable bonds is 2. The Morgan fingerprint density at radius 3 is 2.82 bits per heavy atom. The largest absolute Gasteiger partial charge is 0.336 e. The van der Waals surface area contributed by atoms with Crippen LogP contribution in [0.15, 0.2) is 29.4 Å². The molecule has 0 fully saturated rings. The van der Waals surface area contributed by atoms with Crippen LogP contribution in [0.2, 0.25) is 0 Å². The Morgan fingerprint density at radius 2 is 2.18 bits per heavy atom. The van der Waals surface area contributed by atoms with E-state index in [4.69, 9.17) is 10.4 Å². The number of hydrogen-bond donors (Lipinski definition) is 3. The SMILES string of the molecule is CS(=O)(=O)O.NN=CNC(=O)c1cc2cccc3c2n1CC3. The topological polar surface area (TPSA) is 127 Å². The molecule has 0 bridgehead atoms. The van der Waals surface area contributed by atoms with E-state index in [1.165, 1.54) is 17.4 Å². The van der Waals surface area contributed by atoms with Crippen molar-refractivity contribution in [1.29, 1.82) is 0 Å². The van der Waals surface area contributed by atoms with E-state index in [-0.39, 0.29) is 5.91 Å². The zero-order valence-electron chi connectivity index (χ0n) is 11.9. The van der Waals surface area contributed by atoms with Gasteiger partial charge in [0.25, 0.3) is 16.0 Å². The molecule has 1 amide bonds. The molecule has 1 aliphatic rings. The summed E-state index contributed by atoms with van der Waals surface area (Å²) in [5.74, 6) is 4.78. The quantitative estimate of drug-likeness (QED) is 0.241. The number of amides is 1. The summed E-state index contributed by atoms with van der Waals surface area (Å²) in [5, 5.41) is 6.89. The highest BCUT2D eigenvalue weighted by atomic mass is 32.2. The van der Waals surface area contributed by atoms with Crippen molar-refractivity contribution in [2.75, 3.05) is 6.26 Å². The number of nitrogens with two attached hydrogens (primary N) is 1. The minimum Gasteiger partial charge on any atom is -0.336 e. The molecule has 8 nitrogen and oxygen atoms in total. The van der Waals surface area contributed by atoms with Gasteiger partial charge in [-0.1, -0.05) is 18.2 Å². The van der Waals surface area contributed by atoms with Gasteiger partial charge in [0.05, 0.1) is 11.8 Å². The zero-order chi connectivity index (χ0) is 16.3. The molecular formula is C13H16N4O4S. The predicted octanol–water partition coefficient (Wildman–Crippen LogP) is 0.333. The second-order valence-corrected chi connectivity index (χ2v) is 6.24. The maximum absolute atomic E-state index is 11.9. The number of nitrogens with one attached hydrogen (secondary N) is 1. The minimum atomic E-state index is -3.67. The van der Waals surface area contributed by atoms with E-state index in [0.717, 1.165) is 18.4 Å². The van der Waals surface area contributed by atoms with Crippen molar-refractivity contribution in [2.45, 2.75) is 13.0 Å². The third-order valence-corrected chi connectivity index (χ3v) is 3.11. The summed E-state index contributed by atoms with van der Waals surface area (Å²) in [5.41, 5.74) is 3.13. The molecule has 0 aliphatic carbocycles. The van der Waals surface area contributed by atoms with Gasteiger partial charge in [-0.05, 0) is 18.1 Å². The van der Waals surface area contributed by atoms with Gasteiger partial charge in [-0.25, -0.2) is 0 Å². The van der Waals surface area contributed by atoms with Gasteiger partial charge in [-0.2, -0.15) is 13.5 Å². The smallest absolute Gasteiger partial charge is 0.273 e. The number of para-hydroxylation sites is 1. The van der Waals surface area contributed by atoms with Crippen molar-refractivity contribution < 1.29 is 17.8 Å². The second-order valence-electron chi connectivity index (χ2n) is 4.77. The van der Waals surface area contributed by atoms with Crippen LogP contribution in [0.1, 0.15) is 16.1 Å². The molecule has 0 radical (unpaired) electrons. The maximum Gasteiger partial charge on any atom is 0.273 e. The number of aromatic nitrogens is 1. The van der Waals surface area contributed by atoms with E-state index in [9.17, 15) is 13.2 Å². The van der Waals surface area contributed by atoms with E-state index >= 15 is 0 Å². The highest BCUT2D eigenvalue weighted by Gasteiger charge is 2.21. The summed E-state index contributed by atoms with van der Waals surface area (Å²) < 4.78 is 27.9. The zero-order valence-corrected chi connectivity index (χ0v) is 12.7. The molecule has 1 aromatic heterocycles. The summed E-state index contributed by atoms with van der Waals surface area (Å²) in [6, 6.07) is 8.05. The highest BCUT2D eigenvalue weighted by Crippen LogP contribution is 2.29. The first-order valence-corrected chi connectivity index (χ1v) is 8.22. The number of benzene rings is 1. The molecule has 1 aromatic carbocycles. The van der Waals surface area contributed by atoms with E-state index in [1.54, 1.807) is 0 Å². The van der Waals surface area contributed by atoms with Crippen molar-refractivity contribution in [3.8, 4) is 0 Å². The summed E-state index contributed by atoms with van der Waals surface area (Å²) in [7, 11) is -3.67. The molecular weight excluding hydrogens is 308 g/mol. The van der Waals surface area contributed by atoms with Crippen LogP contribution in [-0.4, -0.2) is 36.0 Å². The van der Waals surface area contributed by atoms with Crippen LogP contribution in [0.5, 0.6) is 0 Å². The Kier molecular flexibility index (Phi) is 4.48. The molecule has 118 valence electrons. The van der Waals surface area contributed by atoms with E-state index < -0.39 is 10.1 Å². The summed E-state index contributed by atoms with van der Waals surface area (Å²) in [6.45, 7) is 0.853. The lowest BCUT2D eigenvalue weighted by Gasteiger charge is -2.02. The molecule has 4 N–H and O–H groups in total. The van der Waals surface area contributed by atoms with Gasteiger partial charge in [0.1, 0.15) is 12.0 Å². The number of carbonyl (C=O) groups is 1. The van der Waals surface area contributed by atoms with Gasteiger partial charge >= 0.3 is 0 Å². The van der Waals surface area contributed by atoms with Crippen molar-refractivity contribution in [1.82, 2.24) is 9.88 Å². The fraction of sp³-hybridized carbons (Fsp3) is 0.231. The lowest BCUT2D eigenvalue weighted by molar-refractivity contribution is 0.0970. The van der Waals surface area contributed by atoms with E-state index in [0.29, 0.717) is 11.9 Å². The van der Waals surface area contributed by atoms with Crippen molar-refractivity contribution >= 4 is 33.3 Å². The molecule has 0 saturated carbocycles. The van der Waals surface area contributed by atoms with Crippen LogP contribution < -0.4 is 11.2 Å². The van der Waals surface area contributed by atoms with Gasteiger partial charge < -0.3 is 15.7 Å². The third-order valence-electron chi connectivity index (χ3n) is 3.11. The van der Waals surface area contributed by atoms with Gasteiger partial charge in [-0.15, -0.1) is 0 Å². The first kappa shape index (κ1) is 16.0. The first-order valence-electron chi connectivity index (χ1n) is 6.37. The maximum atomic E-state index is 11.9. The Bertz CT molecular complexity index is 831. The molecule has 9 heteroatoms. The number of carbonyl (C=O) groups excluding carboxylic acids is 1. The third kappa shape index (κ3) is 3.62. The molecule has 2 heterocycles. The minimum absolute atomic E-state index is 0.178. The number of hydrazone groups is 1. The van der Waals surface area contributed by atoms with Crippen LogP contribution in [-0.2, 0) is 23.1 Å². The van der Waals surface area contributed by atoms with Gasteiger partial charge in [0, 0.05) is 11.9 Å². The van der Waals surface area contributed by atoms with E-state index in [2.05, 4.69) is 16.5 Å². The Balaban J connectivity index is 0.000000309. The number of nitrogens with zero attached hydrogens (tertiary/aromatic N) is 2. The molecule has 0 spiro atoms. The first-order chi connectivity index (χ1) is 10.3. The summed E-state index contributed by atoms with van der Waals surface area (Å²) >= 11 is 0. The van der Waals surface area contributed by atoms with Crippen molar-refractivity contribution in [3.63, 3.8) is 0 Å². The summed E-state index contributed by atoms with van der Waals surface area (Å²) in [6.07, 6.45) is 2.90. The summed E-state index contributed by atoms with van der Waals surface area (Å²) in [4.78, 5) is 11.9. The van der Waals surface area contributed by atoms with Crippen molar-refractivity contribution in [3.05, 3.63) is 35.5 Å². The second kappa shape index (κ2) is 6.16. The highest BCUT2D eigenvalue weighted by molar-refractivity contribution is 7.85. The molecule has 22 heavy (non-hydrogen) atoms. The molecule has 1 aliphatic heterocycles. The van der Waals surface area contributed by atoms with Crippen LogP contribution in [0, 0.1) is 0 Å². The number of aryl methyl sites for hydroxylation is 2. The molecule has 2 aromatic rings. The lowest BCUT2D eigenvalue weighted by Crippen LogP contribution is -2.24. The van der Waals surface area contributed by atoms with Crippen LogP contribution >= 0.6 is 0 Å². The Labute approximate surface area is 127 Å². The number of hydrogen-bond acceptors (Lipinski definition) is 5. The standard InChI is InChI=1S/C12H12N4O.CH4O3S/c13-15-7-14-12(17)10-6-9-3-1-2-8-4-5-16(10)11(8)9;1-5(2,3)4/h1-3,6-7H,4-5,13H2,(H,14,15,17);1H3,(H,2,3,4). The normalized spacial score (nSPS) is 13.2. The fourth-order valence-electron chi connectivity index (χ4n) is 2.43.